The van der Waals surface area contributed by atoms with Gasteiger partial charge in [-0.05, 0) is 39.7 Å². The Morgan fingerprint density at radius 1 is 1.28 bits per heavy atom. The number of hydrogen-bond donors (Lipinski definition) is 2. The summed E-state index contributed by atoms with van der Waals surface area (Å²) >= 11 is 0. The molecule has 0 bridgehead atoms. The van der Waals surface area contributed by atoms with Crippen LogP contribution in [0, 0.1) is 0 Å². The summed E-state index contributed by atoms with van der Waals surface area (Å²) in [7, 11) is -5.34. The Labute approximate surface area is 147 Å². The maximum atomic E-state index is 12.7. The van der Waals surface area contributed by atoms with Gasteiger partial charge in [0.05, 0.1) is 5.25 Å². The second-order valence-corrected chi connectivity index (χ2v) is 9.19. The van der Waals surface area contributed by atoms with Gasteiger partial charge in [-0.25, -0.2) is 18.2 Å². The molecule has 0 spiro atoms. The standard InChI is InChI=1S/C15H23BN2O6S/c1-15(2,3)24-14(19)18-8-6-12(7-9-18)25(22,23)13-5-4-11(10-17-13)16(20)21/h4-5,10,12,20-21H,6-9H2,1-3H3. The molecule has 1 aromatic heterocycles. The summed E-state index contributed by atoms with van der Waals surface area (Å²) in [5.74, 6) is 0. The summed E-state index contributed by atoms with van der Waals surface area (Å²) < 4.78 is 30.6. The van der Waals surface area contributed by atoms with Crippen molar-refractivity contribution in [1.29, 1.82) is 0 Å². The van der Waals surface area contributed by atoms with Gasteiger partial charge < -0.3 is 19.7 Å². The van der Waals surface area contributed by atoms with Crippen molar-refractivity contribution in [2.45, 2.75) is 49.5 Å². The highest BCUT2D eigenvalue weighted by Gasteiger charge is 2.35. The fourth-order valence-corrected chi connectivity index (χ4v) is 4.19. The van der Waals surface area contributed by atoms with E-state index < -0.39 is 33.9 Å². The molecule has 1 saturated heterocycles. The van der Waals surface area contributed by atoms with E-state index in [2.05, 4.69) is 4.98 Å². The first kappa shape index (κ1) is 19.7. The number of aromatic nitrogens is 1. The van der Waals surface area contributed by atoms with Crippen molar-refractivity contribution in [3.05, 3.63) is 18.3 Å². The molecule has 1 aromatic rings. The molecule has 2 N–H and O–H groups in total. The van der Waals surface area contributed by atoms with Crippen molar-refractivity contribution in [1.82, 2.24) is 9.88 Å². The molecule has 2 heterocycles. The number of carbonyl (C=O) groups excluding carboxylic acids is 1. The van der Waals surface area contributed by atoms with Crippen LogP contribution in [0.3, 0.4) is 0 Å². The average Bonchev–Trinajstić information content (AvgIpc) is 2.53. The first-order chi connectivity index (χ1) is 11.5. The minimum Gasteiger partial charge on any atom is -0.444 e. The van der Waals surface area contributed by atoms with Gasteiger partial charge in [0.1, 0.15) is 5.60 Å². The van der Waals surface area contributed by atoms with Crippen molar-refractivity contribution in [2.75, 3.05) is 13.1 Å². The predicted octanol–water partition coefficient (Wildman–Crippen LogP) is -0.0654. The van der Waals surface area contributed by atoms with E-state index in [1.165, 1.54) is 17.0 Å². The normalized spacial score (nSPS) is 16.6. The molecule has 0 saturated carbocycles. The topological polar surface area (TPSA) is 117 Å². The molecule has 1 aliphatic rings. The Kier molecular flexibility index (Phi) is 5.75. The van der Waals surface area contributed by atoms with Crippen molar-refractivity contribution >= 4 is 28.5 Å². The van der Waals surface area contributed by atoms with Crippen LogP contribution in [0.15, 0.2) is 23.4 Å². The predicted molar refractivity (Wildman–Crippen MR) is 92.1 cm³/mol. The SMILES string of the molecule is CC(C)(C)OC(=O)N1CCC(S(=O)(=O)c2ccc(B(O)O)cn2)CC1. The summed E-state index contributed by atoms with van der Waals surface area (Å²) in [5.41, 5.74) is -0.471. The summed E-state index contributed by atoms with van der Waals surface area (Å²) in [5, 5.41) is 17.3. The molecule has 1 aliphatic heterocycles. The number of piperidine rings is 1. The molecule has 0 unspecified atom stereocenters. The van der Waals surface area contributed by atoms with Crippen LogP contribution in [0.4, 0.5) is 4.79 Å². The summed E-state index contributed by atoms with van der Waals surface area (Å²) in [6.07, 6.45) is 1.29. The number of hydrogen-bond acceptors (Lipinski definition) is 7. The largest absolute Gasteiger partial charge is 0.490 e. The highest BCUT2D eigenvalue weighted by atomic mass is 32.2. The first-order valence-corrected chi connectivity index (χ1v) is 9.59. The van der Waals surface area contributed by atoms with Crippen LogP contribution in [0.5, 0.6) is 0 Å². The van der Waals surface area contributed by atoms with E-state index in [0.717, 1.165) is 6.20 Å². The average molecular weight is 370 g/mol. The Balaban J connectivity index is 2.02. The lowest BCUT2D eigenvalue weighted by Gasteiger charge is -2.33. The van der Waals surface area contributed by atoms with E-state index in [1.807, 2.05) is 0 Å². The highest BCUT2D eigenvalue weighted by molar-refractivity contribution is 7.92. The Morgan fingerprint density at radius 2 is 1.88 bits per heavy atom. The molecule has 1 fully saturated rings. The van der Waals surface area contributed by atoms with Gasteiger partial charge in [-0.2, -0.15) is 0 Å². The molecule has 0 atom stereocenters. The van der Waals surface area contributed by atoms with E-state index in [9.17, 15) is 13.2 Å². The maximum Gasteiger partial charge on any atom is 0.490 e. The number of amides is 1. The molecule has 10 heteroatoms. The van der Waals surface area contributed by atoms with Crippen LogP contribution >= 0.6 is 0 Å². The number of ether oxygens (including phenoxy) is 1. The molecule has 0 radical (unpaired) electrons. The fraction of sp³-hybridized carbons (Fsp3) is 0.600. The van der Waals surface area contributed by atoms with E-state index in [-0.39, 0.29) is 10.5 Å². The molecular weight excluding hydrogens is 347 g/mol. The third kappa shape index (κ3) is 4.93. The summed E-state index contributed by atoms with van der Waals surface area (Å²) in [4.78, 5) is 17.4. The minimum atomic E-state index is -3.64. The lowest BCUT2D eigenvalue weighted by atomic mass is 9.82. The van der Waals surface area contributed by atoms with Crippen LogP contribution in [0.25, 0.3) is 0 Å². The third-order valence-corrected chi connectivity index (χ3v) is 6.05. The van der Waals surface area contributed by atoms with Gasteiger partial charge in [0, 0.05) is 24.7 Å². The van der Waals surface area contributed by atoms with Gasteiger partial charge in [0.25, 0.3) is 0 Å². The van der Waals surface area contributed by atoms with Gasteiger partial charge in [-0.1, -0.05) is 6.07 Å². The highest BCUT2D eigenvalue weighted by Crippen LogP contribution is 2.24. The van der Waals surface area contributed by atoms with Crippen LogP contribution in [0.1, 0.15) is 33.6 Å². The van der Waals surface area contributed by atoms with Crippen molar-refractivity contribution in [2.24, 2.45) is 0 Å². The zero-order valence-electron chi connectivity index (χ0n) is 14.5. The van der Waals surface area contributed by atoms with Gasteiger partial charge in [-0.15, -0.1) is 0 Å². The van der Waals surface area contributed by atoms with Crippen molar-refractivity contribution in [3.63, 3.8) is 0 Å². The van der Waals surface area contributed by atoms with Crippen LogP contribution in [-0.4, -0.2) is 65.5 Å². The van der Waals surface area contributed by atoms with E-state index >= 15 is 0 Å². The van der Waals surface area contributed by atoms with Gasteiger partial charge in [0.2, 0.25) is 0 Å². The molecule has 25 heavy (non-hydrogen) atoms. The number of carbonyl (C=O) groups is 1. The molecule has 1 amide bonds. The van der Waals surface area contributed by atoms with E-state index in [0.29, 0.717) is 25.9 Å². The first-order valence-electron chi connectivity index (χ1n) is 8.04. The number of sulfone groups is 1. The number of nitrogens with zero attached hydrogens (tertiary/aromatic N) is 2. The Morgan fingerprint density at radius 3 is 2.32 bits per heavy atom. The fourth-order valence-electron chi connectivity index (χ4n) is 2.56. The maximum absolute atomic E-state index is 12.7. The van der Waals surface area contributed by atoms with Gasteiger partial charge >= 0.3 is 13.2 Å². The minimum absolute atomic E-state index is 0.104. The van der Waals surface area contributed by atoms with E-state index in [4.69, 9.17) is 14.8 Å². The van der Waals surface area contributed by atoms with Gasteiger partial charge in [0.15, 0.2) is 14.9 Å². The van der Waals surface area contributed by atoms with Crippen LogP contribution < -0.4 is 5.46 Å². The molecule has 0 aromatic carbocycles. The molecule has 138 valence electrons. The van der Waals surface area contributed by atoms with Crippen molar-refractivity contribution < 1.29 is 28.0 Å². The number of likely N-dealkylation sites (tertiary alicyclic amines) is 1. The van der Waals surface area contributed by atoms with Gasteiger partial charge in [-0.3, -0.25) is 0 Å². The lowest BCUT2D eigenvalue weighted by Crippen LogP contribution is -2.44. The molecule has 0 aliphatic carbocycles. The van der Waals surface area contributed by atoms with Crippen LogP contribution in [-0.2, 0) is 14.6 Å². The Bertz CT molecular complexity index is 707. The summed E-state index contributed by atoms with van der Waals surface area (Å²) in [6.45, 7) is 5.93. The molecular formula is C15H23BN2O6S. The lowest BCUT2D eigenvalue weighted by molar-refractivity contribution is 0.0217. The molecule has 8 nitrogen and oxygen atoms in total. The second kappa shape index (κ2) is 7.31. The zero-order valence-corrected chi connectivity index (χ0v) is 15.4. The summed E-state index contributed by atoms with van der Waals surface area (Å²) in [6, 6.07) is 2.59. The van der Waals surface area contributed by atoms with E-state index in [1.54, 1.807) is 20.8 Å². The zero-order chi connectivity index (χ0) is 18.8. The monoisotopic (exact) mass is 370 g/mol. The quantitative estimate of drug-likeness (QED) is 0.716. The number of rotatable bonds is 3. The second-order valence-electron chi connectivity index (χ2n) is 7.02. The third-order valence-electron chi connectivity index (χ3n) is 3.88. The number of pyridine rings is 1. The smallest absolute Gasteiger partial charge is 0.444 e. The van der Waals surface area contributed by atoms with Crippen molar-refractivity contribution in [3.8, 4) is 0 Å². The Hall–Kier alpha value is -1.65. The molecule has 2 rings (SSSR count). The van der Waals surface area contributed by atoms with Crippen LogP contribution in [0.2, 0.25) is 0 Å².